The highest BCUT2D eigenvalue weighted by Gasteiger charge is 2.22. The summed E-state index contributed by atoms with van der Waals surface area (Å²) in [4.78, 5) is 11.1. The Morgan fingerprint density at radius 3 is 2.96 bits per heavy atom. The lowest BCUT2D eigenvalue weighted by Gasteiger charge is -2.24. The average Bonchev–Trinajstić information content (AvgIpc) is 3.10. The zero-order chi connectivity index (χ0) is 17.9. The van der Waals surface area contributed by atoms with Gasteiger partial charge in [0.25, 0.3) is 0 Å². The van der Waals surface area contributed by atoms with Gasteiger partial charge in [-0.05, 0) is 32.0 Å². The highest BCUT2D eigenvalue weighted by atomic mass is 127. The van der Waals surface area contributed by atoms with E-state index < -0.39 is 0 Å². The minimum Gasteiger partial charge on any atom is -0.475 e. The van der Waals surface area contributed by atoms with E-state index in [2.05, 4.69) is 32.4 Å². The standard InChI is InChI=1S/C18H31N5O2.HI/c1-4-23-10-6-8-16(23)14-22-18(19-2)21-13-15-7-5-9-20-17(15)25-12-11-24-3;/h5,7,9,16H,4,6,8,10-14H2,1-3H3,(H2,19,21,22);1H. The second-order valence-corrected chi connectivity index (χ2v) is 6.04. The molecule has 26 heavy (non-hydrogen) atoms. The molecule has 1 aliphatic heterocycles. The fraction of sp³-hybridized carbons (Fsp3) is 0.667. The number of aliphatic imine (C=N–C) groups is 1. The van der Waals surface area contributed by atoms with Gasteiger partial charge in [0.15, 0.2) is 5.96 Å². The summed E-state index contributed by atoms with van der Waals surface area (Å²) in [6, 6.07) is 4.51. The van der Waals surface area contributed by atoms with Crippen molar-refractivity contribution in [2.75, 3.05) is 47.0 Å². The Hall–Kier alpha value is -1.13. The summed E-state index contributed by atoms with van der Waals surface area (Å²) in [5, 5.41) is 6.78. The molecule has 1 saturated heterocycles. The first-order valence-corrected chi connectivity index (χ1v) is 9.02. The van der Waals surface area contributed by atoms with Gasteiger partial charge in [0.1, 0.15) is 6.61 Å². The highest BCUT2D eigenvalue weighted by molar-refractivity contribution is 14.0. The van der Waals surface area contributed by atoms with E-state index in [1.807, 2.05) is 12.1 Å². The van der Waals surface area contributed by atoms with Gasteiger partial charge in [0, 0.05) is 45.0 Å². The molecule has 1 aromatic rings. The maximum Gasteiger partial charge on any atom is 0.218 e. The third-order valence-electron chi connectivity index (χ3n) is 4.46. The molecule has 0 saturated carbocycles. The van der Waals surface area contributed by atoms with Crippen molar-refractivity contribution < 1.29 is 9.47 Å². The Morgan fingerprint density at radius 2 is 2.23 bits per heavy atom. The summed E-state index contributed by atoms with van der Waals surface area (Å²) in [5.74, 6) is 1.44. The number of halogens is 1. The predicted octanol–water partition coefficient (Wildman–Crippen LogP) is 1.87. The molecule has 1 atom stereocenters. The second-order valence-electron chi connectivity index (χ2n) is 6.04. The van der Waals surface area contributed by atoms with Crippen molar-refractivity contribution in [3.05, 3.63) is 23.9 Å². The van der Waals surface area contributed by atoms with E-state index in [9.17, 15) is 0 Å². The number of rotatable bonds is 9. The molecule has 1 fully saturated rings. The van der Waals surface area contributed by atoms with Crippen molar-refractivity contribution in [1.82, 2.24) is 20.5 Å². The minimum absolute atomic E-state index is 0. The van der Waals surface area contributed by atoms with Crippen LogP contribution in [0, 0.1) is 0 Å². The first-order chi connectivity index (χ1) is 12.3. The Balaban J connectivity index is 0.00000338. The number of likely N-dealkylation sites (N-methyl/N-ethyl adjacent to an activating group) is 1. The van der Waals surface area contributed by atoms with Gasteiger partial charge in [-0.2, -0.15) is 0 Å². The van der Waals surface area contributed by atoms with Gasteiger partial charge in [0.05, 0.1) is 6.61 Å². The topological polar surface area (TPSA) is 71.0 Å². The molecule has 2 rings (SSSR count). The normalized spacial score (nSPS) is 17.7. The van der Waals surface area contributed by atoms with Crippen molar-refractivity contribution in [2.24, 2.45) is 4.99 Å². The number of nitrogens with one attached hydrogen (secondary N) is 2. The molecule has 7 nitrogen and oxygen atoms in total. The van der Waals surface area contributed by atoms with Crippen LogP contribution in [0.15, 0.2) is 23.3 Å². The van der Waals surface area contributed by atoms with Crippen LogP contribution in [0.25, 0.3) is 0 Å². The second kappa shape index (κ2) is 13.1. The number of methoxy groups -OCH3 is 1. The largest absolute Gasteiger partial charge is 0.475 e. The van der Waals surface area contributed by atoms with E-state index >= 15 is 0 Å². The van der Waals surface area contributed by atoms with E-state index in [0.29, 0.717) is 31.7 Å². The van der Waals surface area contributed by atoms with Gasteiger partial charge in [-0.1, -0.05) is 13.0 Å². The molecule has 0 spiro atoms. The number of guanidine groups is 1. The average molecular weight is 477 g/mol. The quantitative estimate of drug-likeness (QED) is 0.245. The zero-order valence-corrected chi connectivity index (χ0v) is 18.4. The summed E-state index contributed by atoms with van der Waals surface area (Å²) in [6.07, 6.45) is 4.26. The lowest BCUT2D eigenvalue weighted by Crippen LogP contribution is -2.44. The summed E-state index contributed by atoms with van der Waals surface area (Å²) >= 11 is 0. The van der Waals surface area contributed by atoms with Crippen molar-refractivity contribution >= 4 is 29.9 Å². The molecule has 2 heterocycles. The number of likely N-dealkylation sites (tertiary alicyclic amines) is 1. The summed E-state index contributed by atoms with van der Waals surface area (Å²) in [6.45, 7) is 7.08. The molecule has 148 valence electrons. The molecule has 1 unspecified atom stereocenters. The van der Waals surface area contributed by atoms with Gasteiger partial charge in [-0.3, -0.25) is 9.89 Å². The molecular weight excluding hydrogens is 445 g/mol. The third kappa shape index (κ3) is 7.24. The summed E-state index contributed by atoms with van der Waals surface area (Å²) < 4.78 is 10.7. The number of hydrogen-bond donors (Lipinski definition) is 2. The molecule has 0 amide bonds. The Kier molecular flexibility index (Phi) is 11.5. The Morgan fingerprint density at radius 1 is 1.38 bits per heavy atom. The van der Waals surface area contributed by atoms with Crippen LogP contribution < -0.4 is 15.4 Å². The summed E-state index contributed by atoms with van der Waals surface area (Å²) in [7, 11) is 3.45. The fourth-order valence-electron chi connectivity index (χ4n) is 3.07. The molecule has 0 aromatic carbocycles. The maximum atomic E-state index is 5.67. The smallest absolute Gasteiger partial charge is 0.218 e. The number of aromatic nitrogens is 1. The molecule has 2 N–H and O–H groups in total. The van der Waals surface area contributed by atoms with Crippen LogP contribution >= 0.6 is 24.0 Å². The Bertz CT molecular complexity index is 544. The van der Waals surface area contributed by atoms with Gasteiger partial charge in [-0.15, -0.1) is 24.0 Å². The van der Waals surface area contributed by atoms with Gasteiger partial charge >= 0.3 is 0 Å². The molecule has 1 aromatic heterocycles. The first-order valence-electron chi connectivity index (χ1n) is 9.02. The van der Waals surface area contributed by atoms with Crippen molar-refractivity contribution in [1.29, 1.82) is 0 Å². The molecule has 0 aliphatic carbocycles. The fourth-order valence-corrected chi connectivity index (χ4v) is 3.07. The number of nitrogens with zero attached hydrogens (tertiary/aromatic N) is 3. The van der Waals surface area contributed by atoms with Crippen LogP contribution in [-0.2, 0) is 11.3 Å². The van der Waals surface area contributed by atoms with Crippen LogP contribution in [0.3, 0.4) is 0 Å². The van der Waals surface area contributed by atoms with Crippen LogP contribution in [0.2, 0.25) is 0 Å². The molecule has 0 bridgehead atoms. The molecule has 8 heteroatoms. The van der Waals surface area contributed by atoms with E-state index in [1.54, 1.807) is 20.4 Å². The van der Waals surface area contributed by atoms with Crippen molar-refractivity contribution in [3.8, 4) is 5.88 Å². The highest BCUT2D eigenvalue weighted by Crippen LogP contribution is 2.16. The summed E-state index contributed by atoms with van der Waals surface area (Å²) in [5.41, 5.74) is 0.998. The lowest BCUT2D eigenvalue weighted by molar-refractivity contribution is 0.143. The van der Waals surface area contributed by atoms with Crippen molar-refractivity contribution in [2.45, 2.75) is 32.4 Å². The maximum absolute atomic E-state index is 5.67. The Labute approximate surface area is 174 Å². The predicted molar refractivity (Wildman–Crippen MR) is 115 cm³/mol. The first kappa shape index (κ1) is 22.9. The number of pyridine rings is 1. The monoisotopic (exact) mass is 477 g/mol. The van der Waals surface area contributed by atoms with Gasteiger partial charge < -0.3 is 20.1 Å². The van der Waals surface area contributed by atoms with E-state index in [-0.39, 0.29) is 24.0 Å². The van der Waals surface area contributed by atoms with Gasteiger partial charge in [0.2, 0.25) is 5.88 Å². The zero-order valence-electron chi connectivity index (χ0n) is 16.0. The minimum atomic E-state index is 0. The van der Waals surface area contributed by atoms with E-state index in [0.717, 1.165) is 24.6 Å². The van der Waals surface area contributed by atoms with Crippen LogP contribution in [-0.4, -0.2) is 68.9 Å². The number of ether oxygens (including phenoxy) is 2. The van der Waals surface area contributed by atoms with Gasteiger partial charge in [-0.25, -0.2) is 4.98 Å². The molecule has 1 aliphatic rings. The van der Waals surface area contributed by atoms with Crippen LogP contribution in [0.1, 0.15) is 25.3 Å². The third-order valence-corrected chi connectivity index (χ3v) is 4.46. The van der Waals surface area contributed by atoms with Crippen LogP contribution in [0.5, 0.6) is 5.88 Å². The van der Waals surface area contributed by atoms with E-state index in [1.165, 1.54) is 19.4 Å². The van der Waals surface area contributed by atoms with Crippen molar-refractivity contribution in [3.63, 3.8) is 0 Å². The number of hydrogen-bond acceptors (Lipinski definition) is 5. The lowest BCUT2D eigenvalue weighted by atomic mass is 10.2. The SMILES string of the molecule is CCN1CCCC1CNC(=NC)NCc1cccnc1OCCOC.I. The molecular formula is C18H32IN5O2. The molecule has 0 radical (unpaired) electrons. The van der Waals surface area contributed by atoms with E-state index in [4.69, 9.17) is 9.47 Å². The van der Waals surface area contributed by atoms with Crippen LogP contribution in [0.4, 0.5) is 0 Å².